The zero-order valence-corrected chi connectivity index (χ0v) is 18.3. The van der Waals surface area contributed by atoms with Crippen LogP contribution in [-0.4, -0.2) is 55.1 Å². The Labute approximate surface area is 166 Å². The summed E-state index contributed by atoms with van der Waals surface area (Å²) in [4.78, 5) is 14.4. The van der Waals surface area contributed by atoms with Gasteiger partial charge in [-0.15, -0.1) is 10.2 Å². The highest BCUT2D eigenvalue weighted by Crippen LogP contribution is 2.23. The summed E-state index contributed by atoms with van der Waals surface area (Å²) in [6.45, 7) is 9.87. The van der Waals surface area contributed by atoms with Crippen LogP contribution >= 0.6 is 11.3 Å². The molecule has 0 radical (unpaired) electrons. The van der Waals surface area contributed by atoms with E-state index in [2.05, 4.69) is 32.1 Å². The molecule has 1 fully saturated rings. The summed E-state index contributed by atoms with van der Waals surface area (Å²) in [5, 5.41) is 10.3. The van der Waals surface area contributed by atoms with Gasteiger partial charge in [0, 0.05) is 18.0 Å². The molecule has 0 spiro atoms. The molecule has 8 nitrogen and oxygen atoms in total. The lowest BCUT2D eigenvalue weighted by atomic mass is 9.96. The predicted octanol–water partition coefficient (Wildman–Crippen LogP) is 2.46. The first-order valence-electron chi connectivity index (χ1n) is 9.52. The topological polar surface area (TPSA) is 104 Å². The van der Waals surface area contributed by atoms with Crippen molar-refractivity contribution in [2.75, 3.05) is 25.0 Å². The van der Waals surface area contributed by atoms with Gasteiger partial charge in [-0.3, -0.25) is 4.79 Å². The number of aromatic nitrogens is 2. The van der Waals surface area contributed by atoms with E-state index in [-0.39, 0.29) is 15.4 Å². The lowest BCUT2D eigenvalue weighted by Gasteiger charge is -2.35. The van der Waals surface area contributed by atoms with Crippen molar-refractivity contribution in [1.82, 2.24) is 19.8 Å². The summed E-state index contributed by atoms with van der Waals surface area (Å²) < 4.78 is 27.2. The molecule has 0 unspecified atom stereocenters. The third-order valence-corrected chi connectivity index (χ3v) is 7.34. The third kappa shape index (κ3) is 6.48. The smallest absolute Gasteiger partial charge is 0.269 e. The number of nitrogens with one attached hydrogen (secondary N) is 2. The summed E-state index contributed by atoms with van der Waals surface area (Å²) in [7, 11) is -3.71. The number of amides is 1. The van der Waals surface area contributed by atoms with Crippen LogP contribution in [0.5, 0.6) is 0 Å². The van der Waals surface area contributed by atoms with Crippen LogP contribution in [0.25, 0.3) is 0 Å². The second-order valence-electron chi connectivity index (χ2n) is 7.92. The van der Waals surface area contributed by atoms with E-state index < -0.39 is 15.4 Å². The van der Waals surface area contributed by atoms with E-state index in [1.54, 1.807) is 20.8 Å². The molecule has 10 heteroatoms. The van der Waals surface area contributed by atoms with Gasteiger partial charge in [-0.1, -0.05) is 45.5 Å². The molecular weight excluding hydrogens is 386 g/mol. The molecule has 154 valence electrons. The van der Waals surface area contributed by atoms with Crippen molar-refractivity contribution in [3.63, 3.8) is 0 Å². The van der Waals surface area contributed by atoms with Gasteiger partial charge in [0.15, 0.2) is 0 Å². The lowest BCUT2D eigenvalue weighted by Crippen LogP contribution is -2.40. The van der Waals surface area contributed by atoms with Gasteiger partial charge in [0.25, 0.3) is 10.0 Å². The molecule has 0 bridgehead atoms. The number of carbonyl (C=O) groups is 1. The molecule has 0 aliphatic carbocycles. The fraction of sp³-hybridized carbons (Fsp3) is 0.824. The molecule has 2 heterocycles. The number of hydrogen-bond donors (Lipinski definition) is 2. The molecule has 1 aromatic heterocycles. The van der Waals surface area contributed by atoms with Gasteiger partial charge in [0.05, 0.1) is 0 Å². The average Bonchev–Trinajstić information content (AvgIpc) is 3.07. The van der Waals surface area contributed by atoms with Crippen LogP contribution < -0.4 is 10.0 Å². The number of carbonyl (C=O) groups excluding carboxylic acids is 1. The van der Waals surface area contributed by atoms with E-state index in [9.17, 15) is 13.2 Å². The summed E-state index contributed by atoms with van der Waals surface area (Å²) in [6.07, 6.45) is 5.63. The molecule has 1 amide bonds. The van der Waals surface area contributed by atoms with Gasteiger partial charge in [-0.2, -0.15) is 0 Å². The number of hydrogen-bond acceptors (Lipinski definition) is 7. The molecule has 1 aliphatic heterocycles. The Bertz CT molecular complexity index is 727. The van der Waals surface area contributed by atoms with Gasteiger partial charge >= 0.3 is 0 Å². The largest absolute Gasteiger partial charge is 0.300 e. The Hall–Kier alpha value is -1.10. The highest BCUT2D eigenvalue weighted by atomic mass is 32.2. The molecule has 27 heavy (non-hydrogen) atoms. The molecular formula is C17H31N5O3S2. The zero-order chi connectivity index (χ0) is 20.1. The number of piperidine rings is 1. The van der Waals surface area contributed by atoms with Crippen LogP contribution in [0.4, 0.5) is 5.13 Å². The van der Waals surface area contributed by atoms with Gasteiger partial charge in [0.2, 0.25) is 15.4 Å². The highest BCUT2D eigenvalue weighted by Gasteiger charge is 2.25. The van der Waals surface area contributed by atoms with E-state index in [0.29, 0.717) is 12.6 Å². The van der Waals surface area contributed by atoms with Gasteiger partial charge in [0.1, 0.15) is 0 Å². The minimum absolute atomic E-state index is 0.129. The van der Waals surface area contributed by atoms with E-state index in [4.69, 9.17) is 0 Å². The molecule has 1 atom stereocenters. The van der Waals surface area contributed by atoms with Gasteiger partial charge < -0.3 is 10.2 Å². The van der Waals surface area contributed by atoms with E-state index in [1.165, 1.54) is 19.3 Å². The van der Waals surface area contributed by atoms with Crippen molar-refractivity contribution in [1.29, 1.82) is 0 Å². The van der Waals surface area contributed by atoms with Gasteiger partial charge in [-0.25, -0.2) is 13.1 Å². The molecule has 1 aliphatic rings. The first-order valence-corrected chi connectivity index (χ1v) is 11.8. The van der Waals surface area contributed by atoms with Crippen LogP contribution in [0.2, 0.25) is 0 Å². The van der Waals surface area contributed by atoms with Crippen LogP contribution in [0.3, 0.4) is 0 Å². The Morgan fingerprint density at radius 2 is 2.04 bits per heavy atom. The Morgan fingerprint density at radius 3 is 2.70 bits per heavy atom. The molecule has 2 N–H and O–H groups in total. The van der Waals surface area contributed by atoms with Crippen molar-refractivity contribution >= 4 is 32.4 Å². The van der Waals surface area contributed by atoms with E-state index in [0.717, 1.165) is 37.3 Å². The molecule has 2 rings (SSSR count). The van der Waals surface area contributed by atoms with E-state index in [1.807, 2.05) is 0 Å². The first kappa shape index (κ1) is 22.2. The average molecular weight is 418 g/mol. The normalized spacial score (nSPS) is 19.2. The maximum atomic E-state index is 12.4. The fourth-order valence-corrected chi connectivity index (χ4v) is 5.03. The summed E-state index contributed by atoms with van der Waals surface area (Å²) >= 11 is 0.859. The quantitative estimate of drug-likeness (QED) is 0.497. The van der Waals surface area contributed by atoms with Crippen molar-refractivity contribution in [2.45, 2.75) is 70.2 Å². The number of anilines is 1. The molecule has 1 aromatic rings. The van der Waals surface area contributed by atoms with Crippen LogP contribution in [0, 0.1) is 5.41 Å². The summed E-state index contributed by atoms with van der Waals surface area (Å²) in [6, 6.07) is 0.618. The number of nitrogens with zero attached hydrogens (tertiary/aromatic N) is 3. The standard InChI is InChI=1S/C17H31N5O3S2/c1-5-13-9-6-7-11-22(13)12-8-10-18-27(24,25)16-21-20-15(26-16)19-14(23)17(2,3)4/h13,18H,5-12H2,1-4H3,(H,19,20,23)/t13-/m1/s1. The minimum Gasteiger partial charge on any atom is -0.300 e. The van der Waals surface area contributed by atoms with Crippen molar-refractivity contribution in [3.8, 4) is 0 Å². The third-order valence-electron chi connectivity index (χ3n) is 4.67. The minimum atomic E-state index is -3.71. The van der Waals surface area contributed by atoms with Crippen molar-refractivity contribution in [2.24, 2.45) is 5.41 Å². The molecule has 1 saturated heterocycles. The van der Waals surface area contributed by atoms with Crippen molar-refractivity contribution < 1.29 is 13.2 Å². The SMILES string of the molecule is CC[C@@H]1CCCCN1CCCNS(=O)(=O)c1nnc(NC(=O)C(C)(C)C)s1. The number of sulfonamides is 1. The van der Waals surface area contributed by atoms with Crippen LogP contribution in [-0.2, 0) is 14.8 Å². The number of likely N-dealkylation sites (tertiary alicyclic amines) is 1. The van der Waals surface area contributed by atoms with E-state index >= 15 is 0 Å². The Balaban J connectivity index is 1.83. The lowest BCUT2D eigenvalue weighted by molar-refractivity contribution is -0.123. The Kier molecular flexibility index (Phi) is 7.73. The second-order valence-corrected chi connectivity index (χ2v) is 10.8. The predicted molar refractivity (Wildman–Crippen MR) is 107 cm³/mol. The second kappa shape index (κ2) is 9.40. The maximum Gasteiger partial charge on any atom is 0.269 e. The highest BCUT2D eigenvalue weighted by molar-refractivity contribution is 7.91. The monoisotopic (exact) mass is 417 g/mol. The van der Waals surface area contributed by atoms with Crippen LogP contribution in [0.15, 0.2) is 4.34 Å². The fourth-order valence-electron chi connectivity index (χ4n) is 3.02. The molecule has 0 aromatic carbocycles. The molecule has 0 saturated carbocycles. The maximum absolute atomic E-state index is 12.4. The number of rotatable bonds is 8. The van der Waals surface area contributed by atoms with Gasteiger partial charge in [-0.05, 0) is 38.8 Å². The zero-order valence-electron chi connectivity index (χ0n) is 16.6. The first-order chi connectivity index (χ1) is 12.6. The van der Waals surface area contributed by atoms with Crippen molar-refractivity contribution in [3.05, 3.63) is 0 Å². The van der Waals surface area contributed by atoms with Crippen LogP contribution in [0.1, 0.15) is 59.8 Å². The Morgan fingerprint density at radius 1 is 1.30 bits per heavy atom. The summed E-state index contributed by atoms with van der Waals surface area (Å²) in [5.74, 6) is -0.234. The summed E-state index contributed by atoms with van der Waals surface area (Å²) in [5.41, 5.74) is -0.590.